The molecule has 1 heterocycles. The molecule has 1 atom stereocenters. The average molecular weight is 205 g/mol. The normalized spacial score (nSPS) is 20.5. The second-order valence-corrected chi connectivity index (χ2v) is 3.99. The van der Waals surface area contributed by atoms with Crippen molar-refractivity contribution in [3.8, 4) is 0 Å². The molecule has 3 nitrogen and oxygen atoms in total. The first-order valence-electron chi connectivity index (χ1n) is 5.26. The lowest BCUT2D eigenvalue weighted by Gasteiger charge is -2.16. The van der Waals surface area contributed by atoms with Crippen LogP contribution in [-0.2, 0) is 0 Å². The summed E-state index contributed by atoms with van der Waals surface area (Å²) in [6.07, 6.45) is 2.16. The highest BCUT2D eigenvalue weighted by Gasteiger charge is 2.23. The van der Waals surface area contributed by atoms with Crippen molar-refractivity contribution in [1.82, 2.24) is 5.32 Å². The van der Waals surface area contributed by atoms with Crippen LogP contribution in [0.1, 0.15) is 40.4 Å². The lowest BCUT2D eigenvalue weighted by Crippen LogP contribution is -2.17. The Bertz CT molecular complexity index is 381. The number of benzene rings is 1. The molecule has 0 unspecified atom stereocenters. The smallest absolute Gasteiger partial charge is 0.336 e. The number of carbonyl (C=O) groups is 1. The van der Waals surface area contributed by atoms with Crippen LogP contribution in [0.15, 0.2) is 18.2 Å². The number of aromatic carboxylic acids is 1. The van der Waals surface area contributed by atoms with Gasteiger partial charge in [-0.05, 0) is 43.5 Å². The first-order valence-corrected chi connectivity index (χ1v) is 5.26. The van der Waals surface area contributed by atoms with Crippen molar-refractivity contribution in [2.24, 2.45) is 0 Å². The van der Waals surface area contributed by atoms with Crippen molar-refractivity contribution in [1.29, 1.82) is 0 Å². The van der Waals surface area contributed by atoms with Gasteiger partial charge in [0.05, 0.1) is 5.56 Å². The molecule has 1 aliphatic rings. The summed E-state index contributed by atoms with van der Waals surface area (Å²) < 4.78 is 0. The first kappa shape index (κ1) is 10.2. The number of rotatable bonds is 2. The summed E-state index contributed by atoms with van der Waals surface area (Å²) in [6.45, 7) is 2.96. The molecule has 1 aromatic carbocycles. The van der Waals surface area contributed by atoms with Crippen molar-refractivity contribution in [3.05, 3.63) is 34.9 Å². The molecule has 3 heteroatoms. The fourth-order valence-corrected chi connectivity index (χ4v) is 2.26. The summed E-state index contributed by atoms with van der Waals surface area (Å²) in [5.74, 6) is -0.831. The Balaban J connectivity index is 2.46. The Morgan fingerprint density at radius 3 is 2.93 bits per heavy atom. The molecule has 1 saturated heterocycles. The average Bonchev–Trinajstić information content (AvgIpc) is 2.70. The molecule has 0 spiro atoms. The topological polar surface area (TPSA) is 49.3 Å². The molecule has 15 heavy (non-hydrogen) atoms. The number of nitrogens with one attached hydrogen (secondary N) is 1. The summed E-state index contributed by atoms with van der Waals surface area (Å²) in [7, 11) is 0. The predicted molar refractivity (Wildman–Crippen MR) is 58.1 cm³/mol. The Hall–Kier alpha value is -1.35. The third-order valence-corrected chi connectivity index (χ3v) is 2.96. The molecule has 0 bridgehead atoms. The largest absolute Gasteiger partial charge is 0.478 e. The summed E-state index contributed by atoms with van der Waals surface area (Å²) in [6, 6.07) is 5.68. The van der Waals surface area contributed by atoms with E-state index in [1.165, 1.54) is 0 Å². The van der Waals surface area contributed by atoms with Gasteiger partial charge in [0, 0.05) is 6.04 Å². The zero-order valence-electron chi connectivity index (χ0n) is 8.79. The molecule has 1 fully saturated rings. The van der Waals surface area contributed by atoms with Crippen LogP contribution in [0.5, 0.6) is 0 Å². The Morgan fingerprint density at radius 1 is 1.53 bits per heavy atom. The van der Waals surface area contributed by atoms with Crippen LogP contribution in [0.25, 0.3) is 0 Å². The molecule has 2 rings (SSSR count). The van der Waals surface area contributed by atoms with Gasteiger partial charge in [0.25, 0.3) is 0 Å². The van der Waals surface area contributed by atoms with E-state index in [4.69, 9.17) is 5.11 Å². The molecule has 0 aromatic heterocycles. The van der Waals surface area contributed by atoms with Crippen molar-refractivity contribution in [3.63, 3.8) is 0 Å². The quantitative estimate of drug-likeness (QED) is 0.777. The highest BCUT2D eigenvalue weighted by Crippen LogP contribution is 2.28. The lowest BCUT2D eigenvalue weighted by atomic mass is 9.94. The zero-order chi connectivity index (χ0) is 10.8. The highest BCUT2D eigenvalue weighted by atomic mass is 16.4. The lowest BCUT2D eigenvalue weighted by molar-refractivity contribution is 0.0695. The van der Waals surface area contributed by atoms with E-state index in [9.17, 15) is 4.79 Å². The molecule has 2 N–H and O–H groups in total. The van der Waals surface area contributed by atoms with E-state index < -0.39 is 5.97 Å². The number of hydrogen-bond donors (Lipinski definition) is 2. The predicted octanol–water partition coefficient (Wildman–Crippen LogP) is 2.12. The molecular weight excluding hydrogens is 190 g/mol. The van der Waals surface area contributed by atoms with Crippen molar-refractivity contribution in [2.45, 2.75) is 25.8 Å². The van der Waals surface area contributed by atoms with Gasteiger partial charge < -0.3 is 10.4 Å². The van der Waals surface area contributed by atoms with E-state index in [1.54, 1.807) is 12.1 Å². The van der Waals surface area contributed by atoms with Gasteiger partial charge in [0.2, 0.25) is 0 Å². The van der Waals surface area contributed by atoms with Crippen molar-refractivity contribution < 1.29 is 9.90 Å². The number of hydrogen-bond acceptors (Lipinski definition) is 2. The van der Waals surface area contributed by atoms with Gasteiger partial charge in [0.1, 0.15) is 0 Å². The van der Waals surface area contributed by atoms with E-state index in [0.29, 0.717) is 5.56 Å². The second kappa shape index (κ2) is 4.03. The third-order valence-electron chi connectivity index (χ3n) is 2.96. The fraction of sp³-hybridized carbons (Fsp3) is 0.417. The minimum absolute atomic E-state index is 0.220. The summed E-state index contributed by atoms with van der Waals surface area (Å²) in [5, 5.41) is 12.5. The monoisotopic (exact) mass is 205 g/mol. The first-order chi connectivity index (χ1) is 7.20. The third kappa shape index (κ3) is 1.88. The zero-order valence-corrected chi connectivity index (χ0v) is 8.79. The van der Waals surface area contributed by atoms with Crippen LogP contribution in [0.4, 0.5) is 0 Å². The van der Waals surface area contributed by atoms with Gasteiger partial charge in [-0.1, -0.05) is 12.1 Å². The van der Waals surface area contributed by atoms with Gasteiger partial charge in [-0.3, -0.25) is 0 Å². The summed E-state index contributed by atoms with van der Waals surface area (Å²) in [4.78, 5) is 11.1. The number of carboxylic acids is 1. The van der Waals surface area contributed by atoms with E-state index in [0.717, 1.165) is 30.5 Å². The minimum atomic E-state index is -0.831. The van der Waals surface area contributed by atoms with Gasteiger partial charge in [-0.25, -0.2) is 4.79 Å². The molecule has 0 radical (unpaired) electrons. The van der Waals surface area contributed by atoms with Crippen LogP contribution in [0.2, 0.25) is 0 Å². The number of carboxylic acid groups (broad SMARTS) is 1. The number of aryl methyl sites for hydroxylation is 1. The van der Waals surface area contributed by atoms with Gasteiger partial charge >= 0.3 is 5.97 Å². The highest BCUT2D eigenvalue weighted by molar-refractivity contribution is 5.90. The maximum Gasteiger partial charge on any atom is 0.336 e. The Labute approximate surface area is 89.1 Å². The van der Waals surface area contributed by atoms with Crippen LogP contribution in [-0.4, -0.2) is 17.6 Å². The van der Waals surface area contributed by atoms with Gasteiger partial charge in [0.15, 0.2) is 0 Å². The maximum atomic E-state index is 11.1. The second-order valence-electron chi connectivity index (χ2n) is 3.99. The van der Waals surface area contributed by atoms with Gasteiger partial charge in [-0.2, -0.15) is 0 Å². The molecule has 80 valence electrons. The van der Waals surface area contributed by atoms with Gasteiger partial charge in [-0.15, -0.1) is 0 Å². The molecule has 0 amide bonds. The SMILES string of the molecule is Cc1cccc(C(=O)O)c1[C@H]1CCCN1. The van der Waals surface area contributed by atoms with E-state index in [2.05, 4.69) is 5.32 Å². The molecule has 1 aromatic rings. The van der Waals surface area contributed by atoms with E-state index >= 15 is 0 Å². The van der Waals surface area contributed by atoms with Crippen LogP contribution < -0.4 is 5.32 Å². The van der Waals surface area contributed by atoms with Crippen molar-refractivity contribution >= 4 is 5.97 Å². The fourth-order valence-electron chi connectivity index (χ4n) is 2.26. The van der Waals surface area contributed by atoms with Crippen LogP contribution >= 0.6 is 0 Å². The Kier molecular flexibility index (Phi) is 2.73. The molecular formula is C12H15NO2. The van der Waals surface area contributed by atoms with Crippen LogP contribution in [0, 0.1) is 6.92 Å². The molecule has 1 aliphatic heterocycles. The van der Waals surface area contributed by atoms with Crippen molar-refractivity contribution in [2.75, 3.05) is 6.54 Å². The molecule has 0 saturated carbocycles. The Morgan fingerprint density at radius 2 is 2.33 bits per heavy atom. The molecule has 0 aliphatic carbocycles. The standard InChI is InChI=1S/C12H15NO2/c1-8-4-2-5-9(12(14)15)11(8)10-6-3-7-13-10/h2,4-5,10,13H,3,6-7H2,1H3,(H,14,15)/t10-/m1/s1. The summed E-state index contributed by atoms with van der Waals surface area (Å²) in [5.41, 5.74) is 2.46. The van der Waals surface area contributed by atoms with E-state index in [1.807, 2.05) is 13.0 Å². The summed E-state index contributed by atoms with van der Waals surface area (Å²) >= 11 is 0. The van der Waals surface area contributed by atoms with Crippen LogP contribution in [0.3, 0.4) is 0 Å². The minimum Gasteiger partial charge on any atom is -0.478 e. The van der Waals surface area contributed by atoms with E-state index in [-0.39, 0.29) is 6.04 Å². The maximum absolute atomic E-state index is 11.1.